The summed E-state index contributed by atoms with van der Waals surface area (Å²) in [6.45, 7) is 9.80. The predicted octanol–water partition coefficient (Wildman–Crippen LogP) is 5.51. The Balaban J connectivity index is 1.41. The van der Waals surface area contributed by atoms with Crippen LogP contribution >= 0.6 is 0 Å². The molecule has 0 aromatic heterocycles. The van der Waals surface area contributed by atoms with Crippen LogP contribution in [0.4, 0.5) is 9.59 Å². The number of amides is 2. The van der Waals surface area contributed by atoms with Crippen LogP contribution in [0.25, 0.3) is 0 Å². The third-order valence-corrected chi connectivity index (χ3v) is 6.96. The first-order valence-electron chi connectivity index (χ1n) is 14.2. The maximum Gasteiger partial charge on any atom is 0.407 e. The van der Waals surface area contributed by atoms with Gasteiger partial charge in [-0.2, -0.15) is 0 Å². The van der Waals surface area contributed by atoms with Crippen molar-refractivity contribution < 1.29 is 38.1 Å². The lowest BCUT2D eigenvalue weighted by molar-refractivity contribution is 0.0117. The molecule has 0 heterocycles. The molecule has 2 N–H and O–H groups in total. The molecule has 2 aromatic carbocycles. The molecule has 4 atom stereocenters. The van der Waals surface area contributed by atoms with E-state index >= 15 is 0 Å². The number of rotatable bonds is 11. The number of hydrogen-bond acceptors (Lipinski definition) is 8. The predicted molar refractivity (Wildman–Crippen MR) is 156 cm³/mol. The van der Waals surface area contributed by atoms with Crippen LogP contribution < -0.4 is 10.6 Å². The second kappa shape index (κ2) is 14.7. The summed E-state index contributed by atoms with van der Waals surface area (Å²) in [4.78, 5) is 49.4. The number of carbonyl (C=O) groups excluding carboxylic acids is 4. The maximum atomic E-state index is 12.6. The molecule has 10 heteroatoms. The summed E-state index contributed by atoms with van der Waals surface area (Å²) in [5.74, 6) is -0.964. The number of alkyl carbamates (subject to hydrolysis) is 2. The zero-order chi connectivity index (χ0) is 30.8. The third-order valence-electron chi connectivity index (χ3n) is 6.96. The van der Waals surface area contributed by atoms with E-state index < -0.39 is 36.3 Å². The monoisotopic (exact) mass is 582 g/mol. The first kappa shape index (κ1) is 32.4. The molecule has 2 amide bonds. The van der Waals surface area contributed by atoms with Gasteiger partial charge in [-0.3, -0.25) is 0 Å². The van der Waals surface area contributed by atoms with E-state index in [1.807, 2.05) is 6.07 Å². The smallest absolute Gasteiger partial charge is 0.407 e. The molecule has 1 aliphatic rings. The first-order chi connectivity index (χ1) is 19.8. The van der Waals surface area contributed by atoms with Gasteiger partial charge in [-0.05, 0) is 68.2 Å². The van der Waals surface area contributed by atoms with Gasteiger partial charge in [-0.25, -0.2) is 19.2 Å². The molecule has 2 aromatic rings. The zero-order valence-electron chi connectivity index (χ0n) is 25.0. The lowest BCUT2D eigenvalue weighted by atomic mass is 9.62. The van der Waals surface area contributed by atoms with Crippen LogP contribution in [0, 0.1) is 10.8 Å². The minimum Gasteiger partial charge on any atom is -0.455 e. The van der Waals surface area contributed by atoms with Gasteiger partial charge in [0.1, 0.15) is 25.4 Å². The standard InChI is InChI=1S/C32H42N2O8/c1-22(41-27(35)24-12-8-6-9-13-24)18-39-29(37)33-21-32(5)17-26(16-31(3,4)20-32)34-30(38)40-19-23(2)42-28(36)25-14-10-7-11-15-25/h6-15,22-23,26H,16-21H2,1-5H3,(H,33,37)(H,34,38). The van der Waals surface area contributed by atoms with E-state index in [2.05, 4.69) is 31.4 Å². The Kier molecular flexibility index (Phi) is 11.4. The minimum atomic E-state index is -0.615. The highest BCUT2D eigenvalue weighted by molar-refractivity contribution is 5.89. The van der Waals surface area contributed by atoms with Gasteiger partial charge in [-0.1, -0.05) is 57.2 Å². The second-order valence-corrected chi connectivity index (χ2v) is 12.1. The lowest BCUT2D eigenvalue weighted by Crippen LogP contribution is -2.50. The Morgan fingerprint density at radius 3 is 1.74 bits per heavy atom. The summed E-state index contributed by atoms with van der Waals surface area (Å²) in [6, 6.07) is 17.0. The summed E-state index contributed by atoms with van der Waals surface area (Å²) in [5, 5.41) is 5.76. The van der Waals surface area contributed by atoms with Gasteiger partial charge in [0, 0.05) is 12.6 Å². The Morgan fingerprint density at radius 2 is 1.24 bits per heavy atom. The van der Waals surface area contributed by atoms with E-state index in [1.165, 1.54) is 0 Å². The third kappa shape index (κ3) is 10.7. The van der Waals surface area contributed by atoms with Gasteiger partial charge in [0.15, 0.2) is 0 Å². The Hall–Kier alpha value is -4.08. The van der Waals surface area contributed by atoms with Crippen LogP contribution in [-0.4, -0.2) is 62.1 Å². The quantitative estimate of drug-likeness (QED) is 0.262. The number of carbonyl (C=O) groups is 4. The summed E-state index contributed by atoms with van der Waals surface area (Å²) >= 11 is 0. The highest BCUT2D eigenvalue weighted by atomic mass is 16.6. The van der Waals surface area contributed by atoms with Gasteiger partial charge in [0.25, 0.3) is 0 Å². The summed E-state index contributed by atoms with van der Waals surface area (Å²) < 4.78 is 21.3. The molecule has 1 saturated carbocycles. The van der Waals surface area contributed by atoms with Crippen molar-refractivity contribution in [3.63, 3.8) is 0 Å². The highest BCUT2D eigenvalue weighted by Gasteiger charge is 2.42. The van der Waals surface area contributed by atoms with Crippen molar-refractivity contribution in [3.8, 4) is 0 Å². The fourth-order valence-corrected chi connectivity index (χ4v) is 5.52. The van der Waals surface area contributed by atoms with E-state index in [9.17, 15) is 19.2 Å². The van der Waals surface area contributed by atoms with Crippen molar-refractivity contribution in [2.24, 2.45) is 10.8 Å². The molecule has 1 aliphatic carbocycles. The van der Waals surface area contributed by atoms with Crippen molar-refractivity contribution in [3.05, 3.63) is 71.8 Å². The van der Waals surface area contributed by atoms with Gasteiger partial charge in [0.05, 0.1) is 11.1 Å². The maximum absolute atomic E-state index is 12.6. The zero-order valence-corrected chi connectivity index (χ0v) is 25.0. The van der Waals surface area contributed by atoms with Crippen LogP contribution in [-0.2, 0) is 18.9 Å². The summed E-state index contributed by atoms with van der Waals surface area (Å²) in [6.07, 6.45) is -0.238. The molecular formula is C32H42N2O8. The number of benzene rings is 2. The van der Waals surface area contributed by atoms with E-state index in [-0.39, 0.29) is 30.1 Å². The van der Waals surface area contributed by atoms with Crippen LogP contribution in [0.5, 0.6) is 0 Å². The molecule has 0 spiro atoms. The second-order valence-electron chi connectivity index (χ2n) is 12.1. The van der Waals surface area contributed by atoms with Gasteiger partial charge in [-0.15, -0.1) is 0 Å². The molecule has 0 aliphatic heterocycles. The van der Waals surface area contributed by atoms with E-state index in [0.29, 0.717) is 24.1 Å². The molecule has 3 rings (SSSR count). The van der Waals surface area contributed by atoms with Crippen LogP contribution in [0.3, 0.4) is 0 Å². The van der Waals surface area contributed by atoms with Crippen molar-refractivity contribution in [1.82, 2.24) is 10.6 Å². The van der Waals surface area contributed by atoms with Gasteiger partial charge < -0.3 is 29.6 Å². The van der Waals surface area contributed by atoms with Gasteiger partial charge in [0.2, 0.25) is 0 Å². The number of hydrogen-bond donors (Lipinski definition) is 2. The Morgan fingerprint density at radius 1 is 0.762 bits per heavy atom. The molecule has 0 radical (unpaired) electrons. The summed E-state index contributed by atoms with van der Waals surface area (Å²) in [7, 11) is 0. The lowest BCUT2D eigenvalue weighted by Gasteiger charge is -2.46. The molecule has 10 nitrogen and oxygen atoms in total. The van der Waals surface area contributed by atoms with E-state index in [4.69, 9.17) is 18.9 Å². The summed E-state index contributed by atoms with van der Waals surface area (Å²) in [5.41, 5.74) is 0.434. The van der Waals surface area contributed by atoms with E-state index in [1.54, 1.807) is 68.4 Å². The fraction of sp³-hybridized carbons (Fsp3) is 0.500. The van der Waals surface area contributed by atoms with Crippen molar-refractivity contribution in [2.45, 2.75) is 72.1 Å². The van der Waals surface area contributed by atoms with Crippen LogP contribution in [0.2, 0.25) is 0 Å². The minimum absolute atomic E-state index is 0.0791. The van der Waals surface area contributed by atoms with Gasteiger partial charge >= 0.3 is 24.1 Å². The largest absolute Gasteiger partial charge is 0.455 e. The molecule has 228 valence electrons. The topological polar surface area (TPSA) is 129 Å². The molecule has 0 saturated heterocycles. The van der Waals surface area contributed by atoms with Crippen LogP contribution in [0.1, 0.15) is 74.6 Å². The Bertz CT molecular complexity index is 1200. The van der Waals surface area contributed by atoms with Crippen LogP contribution in [0.15, 0.2) is 60.7 Å². The average Bonchev–Trinajstić information content (AvgIpc) is 2.93. The normalized spacial score (nSPS) is 20.7. The van der Waals surface area contributed by atoms with Crippen molar-refractivity contribution in [2.75, 3.05) is 19.8 Å². The molecule has 1 fully saturated rings. The number of esters is 2. The highest BCUT2D eigenvalue weighted by Crippen LogP contribution is 2.45. The Labute approximate surface area is 247 Å². The molecule has 42 heavy (non-hydrogen) atoms. The first-order valence-corrected chi connectivity index (χ1v) is 14.2. The van der Waals surface area contributed by atoms with E-state index in [0.717, 1.165) is 12.8 Å². The molecular weight excluding hydrogens is 540 g/mol. The molecule has 4 unspecified atom stereocenters. The SMILES string of the molecule is CC(COC(=O)NCC1(C)CC(NC(=O)OCC(C)OC(=O)c2ccccc2)CC(C)(C)C1)OC(=O)c1ccccc1. The number of ether oxygens (including phenoxy) is 4. The fourth-order valence-electron chi connectivity index (χ4n) is 5.52. The molecule has 0 bridgehead atoms. The average molecular weight is 583 g/mol. The van der Waals surface area contributed by atoms with Crippen molar-refractivity contribution in [1.29, 1.82) is 0 Å². The van der Waals surface area contributed by atoms with Crippen molar-refractivity contribution >= 4 is 24.1 Å². The number of nitrogens with one attached hydrogen (secondary N) is 2.